The molecule has 1 heterocycles. The number of nitrogens with zero attached hydrogens (tertiary/aromatic N) is 1. The van der Waals surface area contributed by atoms with Gasteiger partial charge in [0.15, 0.2) is 0 Å². The topological polar surface area (TPSA) is 24.9 Å². The van der Waals surface area contributed by atoms with E-state index in [9.17, 15) is 17.6 Å². The van der Waals surface area contributed by atoms with E-state index >= 15 is 0 Å². The lowest BCUT2D eigenvalue weighted by Crippen LogP contribution is -2.12. The summed E-state index contributed by atoms with van der Waals surface area (Å²) in [5, 5.41) is 2.80. The number of pyridine rings is 1. The highest BCUT2D eigenvalue weighted by Gasteiger charge is 2.33. The van der Waals surface area contributed by atoms with E-state index in [2.05, 4.69) is 10.3 Å². The molecule has 0 aliphatic heterocycles. The van der Waals surface area contributed by atoms with Crippen molar-refractivity contribution in [1.82, 2.24) is 4.98 Å². The van der Waals surface area contributed by atoms with Gasteiger partial charge in [0.2, 0.25) is 0 Å². The molecule has 0 atom stereocenters. The Morgan fingerprint density at radius 1 is 1.15 bits per heavy atom. The Morgan fingerprint density at radius 2 is 1.90 bits per heavy atom. The number of nitrogens with one attached hydrogen (secondary N) is 1. The maximum atomic E-state index is 13.0. The van der Waals surface area contributed by atoms with E-state index in [-0.39, 0.29) is 12.1 Å². The summed E-state index contributed by atoms with van der Waals surface area (Å²) in [4.78, 5) is 4.13. The Labute approximate surface area is 113 Å². The Kier molecular flexibility index (Phi) is 3.92. The number of halogens is 4. The molecule has 0 radical (unpaired) electrons. The van der Waals surface area contributed by atoms with Crippen LogP contribution >= 0.6 is 0 Å². The van der Waals surface area contributed by atoms with Crippen LogP contribution < -0.4 is 5.32 Å². The van der Waals surface area contributed by atoms with Gasteiger partial charge in [0.1, 0.15) is 11.6 Å². The fourth-order valence-electron chi connectivity index (χ4n) is 1.79. The second kappa shape index (κ2) is 5.48. The molecule has 1 aromatic carbocycles. The molecular formula is C14H12F4N2. The molecule has 6 heteroatoms. The number of aromatic nitrogens is 1. The van der Waals surface area contributed by atoms with Crippen LogP contribution in [-0.4, -0.2) is 4.98 Å². The number of aryl methyl sites for hydroxylation is 1. The van der Waals surface area contributed by atoms with Crippen molar-refractivity contribution in [2.75, 3.05) is 5.32 Å². The molecular weight excluding hydrogens is 272 g/mol. The maximum Gasteiger partial charge on any atom is 0.416 e. The van der Waals surface area contributed by atoms with Gasteiger partial charge in [-0.05, 0) is 36.8 Å². The molecule has 0 aliphatic rings. The van der Waals surface area contributed by atoms with Gasteiger partial charge in [-0.25, -0.2) is 9.37 Å². The lowest BCUT2D eigenvalue weighted by Gasteiger charge is -2.14. The first-order valence-electron chi connectivity index (χ1n) is 5.89. The van der Waals surface area contributed by atoms with Crippen molar-refractivity contribution in [3.63, 3.8) is 0 Å². The number of hydrogen-bond donors (Lipinski definition) is 1. The molecule has 0 spiro atoms. The number of alkyl halides is 3. The van der Waals surface area contributed by atoms with Crippen LogP contribution in [0.15, 0.2) is 36.4 Å². The van der Waals surface area contributed by atoms with Crippen LogP contribution in [0.3, 0.4) is 0 Å². The molecule has 20 heavy (non-hydrogen) atoms. The predicted octanol–water partition coefficient (Wildman–Crippen LogP) is 4.16. The molecule has 2 rings (SSSR count). The van der Waals surface area contributed by atoms with Crippen molar-refractivity contribution in [1.29, 1.82) is 0 Å². The molecule has 0 saturated carbocycles. The highest BCUT2D eigenvalue weighted by Crippen LogP contribution is 2.32. The minimum absolute atomic E-state index is 0.0257. The Hall–Kier alpha value is -2.11. The molecule has 0 aliphatic carbocycles. The summed E-state index contributed by atoms with van der Waals surface area (Å²) in [5.41, 5.74) is -0.245. The summed E-state index contributed by atoms with van der Waals surface area (Å²) in [5.74, 6) is -0.433. The quantitative estimate of drug-likeness (QED) is 0.856. The van der Waals surface area contributed by atoms with Crippen LogP contribution in [-0.2, 0) is 12.7 Å². The van der Waals surface area contributed by atoms with E-state index < -0.39 is 17.6 Å². The zero-order chi connectivity index (χ0) is 14.8. The molecule has 106 valence electrons. The van der Waals surface area contributed by atoms with Gasteiger partial charge in [0.25, 0.3) is 0 Å². The van der Waals surface area contributed by atoms with Crippen LogP contribution in [0.2, 0.25) is 0 Å². The van der Waals surface area contributed by atoms with E-state index in [4.69, 9.17) is 0 Å². The van der Waals surface area contributed by atoms with E-state index in [0.717, 1.165) is 17.8 Å². The predicted molar refractivity (Wildman–Crippen MR) is 67.7 cm³/mol. The lowest BCUT2D eigenvalue weighted by molar-refractivity contribution is -0.138. The first-order chi connectivity index (χ1) is 9.36. The number of benzene rings is 1. The Bertz CT molecular complexity index is 608. The minimum Gasteiger partial charge on any atom is -0.366 e. The Balaban J connectivity index is 2.21. The smallest absolute Gasteiger partial charge is 0.366 e. The molecule has 2 nitrogen and oxygen atoms in total. The van der Waals surface area contributed by atoms with Crippen molar-refractivity contribution < 1.29 is 17.6 Å². The highest BCUT2D eigenvalue weighted by molar-refractivity contribution is 5.39. The van der Waals surface area contributed by atoms with Crippen LogP contribution in [0, 0.1) is 12.7 Å². The third kappa shape index (κ3) is 3.46. The summed E-state index contributed by atoms with van der Waals surface area (Å²) in [6.45, 7) is 1.70. The van der Waals surface area contributed by atoms with E-state index in [1.54, 1.807) is 25.1 Å². The van der Waals surface area contributed by atoms with Gasteiger partial charge in [-0.1, -0.05) is 12.1 Å². The van der Waals surface area contributed by atoms with Crippen molar-refractivity contribution >= 4 is 5.82 Å². The first-order valence-corrected chi connectivity index (χ1v) is 5.89. The van der Waals surface area contributed by atoms with Gasteiger partial charge in [-0.3, -0.25) is 0 Å². The molecule has 0 unspecified atom stereocenters. The molecule has 0 fully saturated rings. The van der Waals surface area contributed by atoms with Gasteiger partial charge in [0, 0.05) is 12.2 Å². The second-order valence-corrected chi connectivity index (χ2v) is 4.32. The van der Waals surface area contributed by atoms with Crippen LogP contribution in [0.4, 0.5) is 23.4 Å². The molecule has 0 amide bonds. The second-order valence-electron chi connectivity index (χ2n) is 4.32. The molecule has 0 bridgehead atoms. The summed E-state index contributed by atoms with van der Waals surface area (Å²) in [6, 6.07) is 7.82. The summed E-state index contributed by atoms with van der Waals surface area (Å²) < 4.78 is 51.4. The number of hydrogen-bond acceptors (Lipinski definition) is 2. The molecule has 0 saturated heterocycles. The van der Waals surface area contributed by atoms with Gasteiger partial charge >= 0.3 is 6.18 Å². The average Bonchev–Trinajstić information content (AvgIpc) is 2.36. The minimum atomic E-state index is -4.58. The van der Waals surface area contributed by atoms with Crippen LogP contribution in [0.25, 0.3) is 0 Å². The molecule has 1 N–H and O–H groups in total. The average molecular weight is 284 g/mol. The lowest BCUT2D eigenvalue weighted by atomic mass is 10.1. The first kappa shape index (κ1) is 14.3. The third-order valence-electron chi connectivity index (χ3n) is 2.73. The van der Waals surface area contributed by atoms with Crippen molar-refractivity contribution in [2.45, 2.75) is 19.6 Å². The number of rotatable bonds is 3. The van der Waals surface area contributed by atoms with Gasteiger partial charge in [-0.15, -0.1) is 0 Å². The van der Waals surface area contributed by atoms with Crippen molar-refractivity contribution in [3.8, 4) is 0 Å². The van der Waals surface area contributed by atoms with E-state index in [0.29, 0.717) is 11.9 Å². The molecule has 2 aromatic rings. The van der Waals surface area contributed by atoms with Crippen LogP contribution in [0.1, 0.15) is 16.8 Å². The van der Waals surface area contributed by atoms with Gasteiger partial charge in [0.05, 0.1) is 5.56 Å². The van der Waals surface area contributed by atoms with Crippen LogP contribution in [0.5, 0.6) is 0 Å². The zero-order valence-corrected chi connectivity index (χ0v) is 10.6. The summed E-state index contributed by atoms with van der Waals surface area (Å²) in [7, 11) is 0. The fraction of sp³-hybridized carbons (Fsp3) is 0.214. The summed E-state index contributed by atoms with van der Waals surface area (Å²) >= 11 is 0. The standard InChI is InChI=1S/C14H12F4N2/c1-9-3-2-4-13(20-9)19-8-10-5-6-11(15)7-12(10)14(16,17)18/h2-7H,8H2,1H3,(H,19,20). The highest BCUT2D eigenvalue weighted by atomic mass is 19.4. The monoisotopic (exact) mass is 284 g/mol. The van der Waals surface area contributed by atoms with Crippen molar-refractivity contribution in [2.24, 2.45) is 0 Å². The van der Waals surface area contributed by atoms with E-state index in [1.165, 1.54) is 0 Å². The zero-order valence-electron chi connectivity index (χ0n) is 10.6. The van der Waals surface area contributed by atoms with E-state index in [1.807, 2.05) is 0 Å². The molecule has 1 aromatic heterocycles. The Morgan fingerprint density at radius 3 is 2.55 bits per heavy atom. The van der Waals surface area contributed by atoms with Gasteiger partial charge < -0.3 is 5.32 Å². The largest absolute Gasteiger partial charge is 0.416 e. The fourth-order valence-corrected chi connectivity index (χ4v) is 1.79. The SMILES string of the molecule is Cc1cccc(NCc2ccc(F)cc2C(F)(F)F)n1. The third-order valence-corrected chi connectivity index (χ3v) is 2.73. The van der Waals surface area contributed by atoms with Gasteiger partial charge in [-0.2, -0.15) is 13.2 Å². The normalized spacial score (nSPS) is 11.4. The maximum absolute atomic E-state index is 13.0. The summed E-state index contributed by atoms with van der Waals surface area (Å²) in [6.07, 6.45) is -4.58. The van der Waals surface area contributed by atoms with Crippen molar-refractivity contribution in [3.05, 3.63) is 59.0 Å². The number of anilines is 1.